The van der Waals surface area contributed by atoms with E-state index in [2.05, 4.69) is 18.8 Å². The smallest absolute Gasteiger partial charge is 0.0203 e. The summed E-state index contributed by atoms with van der Waals surface area (Å²) in [4.78, 5) is 0. The molecule has 11 aliphatic rings. The lowest BCUT2D eigenvalue weighted by Gasteiger charge is -2.59. The van der Waals surface area contributed by atoms with Gasteiger partial charge in [0.25, 0.3) is 0 Å². The zero-order valence-corrected chi connectivity index (χ0v) is 39.6. The zero-order chi connectivity index (χ0) is 40.0. The highest BCUT2D eigenvalue weighted by Crippen LogP contribution is 2.64. The molecule has 11 rings (SSSR count). The normalized spacial score (nSPS) is 50.4. The summed E-state index contributed by atoms with van der Waals surface area (Å²) in [7, 11) is 0. The maximum Gasteiger partial charge on any atom is 0.0203 e. The number of rotatable bonds is 5. The van der Waals surface area contributed by atoms with Gasteiger partial charge >= 0.3 is 0 Å². The third-order valence-electron chi connectivity index (χ3n) is 23.8. The van der Waals surface area contributed by atoms with Gasteiger partial charge in [0, 0.05) is 11.8 Å². The SMILES string of the molecule is CCC1CCC(C2CCC(C#C[C@H]3CCCC(C4CCCC5CCC6C(C7CCCCC7)CCC7CCC4C5C76)CC3)CC2)C2CCC3CCC(C4CCCCC4)CC3C12. The van der Waals surface area contributed by atoms with Crippen LogP contribution in [-0.2, 0) is 0 Å². The molecular formula is C60H96. The average molecular weight is 817 g/mol. The molecule has 0 aromatic heterocycles. The third-order valence-corrected chi connectivity index (χ3v) is 23.8. The van der Waals surface area contributed by atoms with Crippen molar-refractivity contribution < 1.29 is 0 Å². The lowest BCUT2D eigenvalue weighted by atomic mass is 9.46. The molecule has 336 valence electrons. The fraction of sp³-hybridized carbons (Fsp3) is 0.967. The Morgan fingerprint density at radius 3 is 1.33 bits per heavy atom. The van der Waals surface area contributed by atoms with Crippen LogP contribution in [0.4, 0.5) is 0 Å². The number of fused-ring (bicyclic) bond motifs is 3. The van der Waals surface area contributed by atoms with Crippen LogP contribution in [0.5, 0.6) is 0 Å². The van der Waals surface area contributed by atoms with Crippen LogP contribution in [0, 0.1) is 136 Å². The van der Waals surface area contributed by atoms with Gasteiger partial charge in [0.1, 0.15) is 0 Å². The summed E-state index contributed by atoms with van der Waals surface area (Å²) < 4.78 is 0. The van der Waals surface area contributed by atoms with Crippen LogP contribution in [-0.4, -0.2) is 0 Å². The molecule has 0 aromatic carbocycles. The van der Waals surface area contributed by atoms with Gasteiger partial charge in [-0.25, -0.2) is 0 Å². The van der Waals surface area contributed by atoms with Gasteiger partial charge < -0.3 is 0 Å². The molecule has 60 heavy (non-hydrogen) atoms. The summed E-state index contributed by atoms with van der Waals surface area (Å²) in [5.41, 5.74) is 0. The fourth-order valence-electron chi connectivity index (χ4n) is 21.3. The van der Waals surface area contributed by atoms with Crippen LogP contribution < -0.4 is 0 Å². The van der Waals surface area contributed by atoms with E-state index in [1.807, 2.05) is 0 Å². The Bertz CT molecular complexity index is 1420. The predicted molar refractivity (Wildman–Crippen MR) is 253 cm³/mol. The van der Waals surface area contributed by atoms with Crippen molar-refractivity contribution in [3.63, 3.8) is 0 Å². The Kier molecular flexibility index (Phi) is 13.5. The number of hydrogen-bond donors (Lipinski definition) is 0. The molecule has 0 radical (unpaired) electrons. The van der Waals surface area contributed by atoms with Gasteiger partial charge in [0.2, 0.25) is 0 Å². The van der Waals surface area contributed by atoms with Gasteiger partial charge in [-0.1, -0.05) is 115 Å². The van der Waals surface area contributed by atoms with Crippen molar-refractivity contribution in [2.45, 2.75) is 238 Å². The first-order valence-electron chi connectivity index (χ1n) is 29.2. The quantitative estimate of drug-likeness (QED) is 0.192. The molecule has 0 amide bonds. The van der Waals surface area contributed by atoms with E-state index in [1.54, 1.807) is 148 Å². The molecular weight excluding hydrogens is 721 g/mol. The summed E-state index contributed by atoms with van der Waals surface area (Å²) in [6.45, 7) is 2.58. The molecule has 11 saturated carbocycles. The van der Waals surface area contributed by atoms with Gasteiger partial charge in [-0.05, 0) is 247 Å². The molecule has 0 heterocycles. The zero-order valence-electron chi connectivity index (χ0n) is 39.6. The molecule has 0 heteroatoms. The second-order valence-electron chi connectivity index (χ2n) is 25.9. The Hall–Kier alpha value is -0.440. The highest BCUT2D eigenvalue weighted by molar-refractivity contribution is 5.11. The maximum atomic E-state index is 4.08. The van der Waals surface area contributed by atoms with Crippen LogP contribution in [0.1, 0.15) is 238 Å². The summed E-state index contributed by atoms with van der Waals surface area (Å²) in [6, 6.07) is 0. The number of hydrogen-bond acceptors (Lipinski definition) is 0. The van der Waals surface area contributed by atoms with Crippen molar-refractivity contribution in [1.82, 2.24) is 0 Å². The van der Waals surface area contributed by atoms with Crippen molar-refractivity contribution in [2.24, 2.45) is 124 Å². The second kappa shape index (κ2) is 19.2. The van der Waals surface area contributed by atoms with Gasteiger partial charge in [-0.2, -0.15) is 0 Å². The fourth-order valence-corrected chi connectivity index (χ4v) is 21.3. The minimum absolute atomic E-state index is 0.712. The lowest BCUT2D eigenvalue weighted by molar-refractivity contribution is -0.106. The highest BCUT2D eigenvalue weighted by atomic mass is 14.6. The minimum atomic E-state index is 0.712. The molecule has 0 saturated heterocycles. The van der Waals surface area contributed by atoms with Crippen LogP contribution in [0.3, 0.4) is 0 Å². The molecule has 0 nitrogen and oxygen atoms in total. The molecule has 11 fully saturated rings. The Labute approximate surface area is 372 Å². The monoisotopic (exact) mass is 817 g/mol. The van der Waals surface area contributed by atoms with Gasteiger partial charge in [-0.3, -0.25) is 0 Å². The molecule has 0 spiro atoms. The molecule has 16 unspecified atom stereocenters. The van der Waals surface area contributed by atoms with Crippen LogP contribution in [0.25, 0.3) is 0 Å². The predicted octanol–water partition coefficient (Wildman–Crippen LogP) is 17.1. The van der Waals surface area contributed by atoms with Crippen LogP contribution in [0.15, 0.2) is 0 Å². The van der Waals surface area contributed by atoms with E-state index in [-0.39, 0.29) is 0 Å². The van der Waals surface area contributed by atoms with Crippen molar-refractivity contribution in [2.75, 3.05) is 0 Å². The van der Waals surface area contributed by atoms with Crippen molar-refractivity contribution >= 4 is 0 Å². The van der Waals surface area contributed by atoms with Crippen molar-refractivity contribution in [1.29, 1.82) is 0 Å². The summed E-state index contributed by atoms with van der Waals surface area (Å²) >= 11 is 0. The standard InChI is InChI=1S/C60H96/c1-2-42-29-34-53(54-36-30-47-27-28-50(39-57(47)58(42)54)43-12-5-3-6-13-43)46-25-22-41(23-26-46)20-19-40-11-9-16-45(24-21-40)51-18-10-17-48-32-37-56-52(44-14-7-4-8-15-44)35-31-49-33-38-55(51)59(48)60(49)56/h40-60H,2-18,21-39H2,1H3/t40-,41?,42?,45?,46?,47?,48?,49?,50?,51?,52?,53?,54?,55?,56?,57?,58?,59?,60?/m1/s1. The first-order chi connectivity index (χ1) is 29.7. The second-order valence-corrected chi connectivity index (χ2v) is 25.9. The van der Waals surface area contributed by atoms with E-state index in [4.69, 9.17) is 0 Å². The van der Waals surface area contributed by atoms with E-state index in [0.29, 0.717) is 5.92 Å². The summed E-state index contributed by atoms with van der Waals surface area (Å²) in [5.74, 6) is 30.3. The third kappa shape index (κ3) is 8.46. The molecule has 0 aromatic rings. The van der Waals surface area contributed by atoms with Gasteiger partial charge in [-0.15, -0.1) is 0 Å². The Morgan fingerprint density at radius 1 is 0.267 bits per heavy atom. The maximum absolute atomic E-state index is 4.08. The molecule has 11 aliphatic carbocycles. The lowest BCUT2D eigenvalue weighted by Crippen LogP contribution is -2.52. The topological polar surface area (TPSA) is 0 Å². The highest BCUT2D eigenvalue weighted by Gasteiger charge is 2.56. The average Bonchev–Trinajstić information content (AvgIpc) is 3.67. The van der Waals surface area contributed by atoms with E-state index < -0.39 is 0 Å². The Morgan fingerprint density at radius 2 is 0.667 bits per heavy atom. The Balaban J connectivity index is 0.694. The van der Waals surface area contributed by atoms with E-state index in [1.165, 1.54) is 83.5 Å². The van der Waals surface area contributed by atoms with E-state index >= 15 is 0 Å². The van der Waals surface area contributed by atoms with Crippen LogP contribution >= 0.6 is 0 Å². The van der Waals surface area contributed by atoms with Crippen molar-refractivity contribution in [3.8, 4) is 11.8 Å². The minimum Gasteiger partial charge on any atom is -0.0996 e. The van der Waals surface area contributed by atoms with Gasteiger partial charge in [0.05, 0.1) is 0 Å². The van der Waals surface area contributed by atoms with Crippen LogP contribution in [0.2, 0.25) is 0 Å². The molecule has 17 atom stereocenters. The largest absolute Gasteiger partial charge is 0.0996 e. The molecule has 0 aliphatic heterocycles. The van der Waals surface area contributed by atoms with Gasteiger partial charge in [0.15, 0.2) is 0 Å². The summed E-state index contributed by atoms with van der Waals surface area (Å²) in [6.07, 6.45) is 56.1. The first-order valence-corrected chi connectivity index (χ1v) is 29.2. The molecule has 0 N–H and O–H groups in total. The molecule has 0 bridgehead atoms. The summed E-state index contributed by atoms with van der Waals surface area (Å²) in [5, 5.41) is 0. The first kappa shape index (κ1) is 42.2. The van der Waals surface area contributed by atoms with Crippen molar-refractivity contribution in [3.05, 3.63) is 0 Å². The van der Waals surface area contributed by atoms with E-state index in [0.717, 1.165) is 118 Å². The van der Waals surface area contributed by atoms with E-state index in [9.17, 15) is 0 Å².